The van der Waals surface area contributed by atoms with Crippen molar-refractivity contribution in [2.24, 2.45) is 0 Å². The number of hydrogen-bond donors (Lipinski definition) is 3. The molecule has 0 saturated carbocycles. The van der Waals surface area contributed by atoms with Gasteiger partial charge in [-0.3, -0.25) is 9.59 Å². The summed E-state index contributed by atoms with van der Waals surface area (Å²) in [5, 5.41) is 15.7. The monoisotopic (exact) mass is 567 g/mol. The van der Waals surface area contributed by atoms with Gasteiger partial charge in [-0.15, -0.1) is 0 Å². The fraction of sp³-hybridized carbons (Fsp3) is 0.545. The maximum atomic E-state index is 14.5. The molecule has 2 aromatic carbocycles. The maximum Gasteiger partial charge on any atom is 0.408 e. The summed E-state index contributed by atoms with van der Waals surface area (Å²) >= 11 is 0. The Kier molecular flexibility index (Phi) is 12.2. The molecular weight excluding hydrogens is 518 g/mol. The minimum atomic E-state index is -1.02. The van der Waals surface area contributed by atoms with E-state index in [-0.39, 0.29) is 36.1 Å². The molecule has 4 unspecified atom stereocenters. The van der Waals surface area contributed by atoms with Crippen molar-refractivity contribution >= 4 is 17.9 Å². The van der Waals surface area contributed by atoms with Crippen LogP contribution in [0.4, 0.5) is 4.79 Å². The molecule has 0 heterocycles. The van der Waals surface area contributed by atoms with Crippen LogP contribution < -0.4 is 10.6 Å². The lowest BCUT2D eigenvalue weighted by Gasteiger charge is -2.39. The van der Waals surface area contributed by atoms with Gasteiger partial charge in [0.15, 0.2) is 0 Å². The molecule has 2 rings (SSSR count). The van der Waals surface area contributed by atoms with Crippen molar-refractivity contribution < 1.29 is 24.2 Å². The van der Waals surface area contributed by atoms with Crippen LogP contribution in [0.1, 0.15) is 96.0 Å². The van der Waals surface area contributed by atoms with Crippen LogP contribution >= 0.6 is 0 Å². The predicted molar refractivity (Wildman–Crippen MR) is 163 cm³/mol. The number of carbonyl (C=O) groups is 3. The first kappa shape index (κ1) is 33.7. The van der Waals surface area contributed by atoms with Gasteiger partial charge in [-0.1, -0.05) is 61.7 Å². The summed E-state index contributed by atoms with van der Waals surface area (Å²) in [5.41, 5.74) is 2.68. The fourth-order valence-electron chi connectivity index (χ4n) is 4.93. The second kappa shape index (κ2) is 14.9. The number of carbonyl (C=O) groups excluding carboxylic acids is 3. The van der Waals surface area contributed by atoms with E-state index in [1.807, 2.05) is 52.8 Å². The highest BCUT2D eigenvalue weighted by Crippen LogP contribution is 2.29. The van der Waals surface area contributed by atoms with Gasteiger partial charge < -0.3 is 25.4 Å². The summed E-state index contributed by atoms with van der Waals surface area (Å²) in [5.74, 6) is -0.545. The highest BCUT2D eigenvalue weighted by atomic mass is 16.6. The highest BCUT2D eigenvalue weighted by Gasteiger charge is 2.39. The third-order valence-electron chi connectivity index (χ3n) is 6.88. The van der Waals surface area contributed by atoms with Crippen molar-refractivity contribution in [2.75, 3.05) is 0 Å². The minimum Gasteiger partial charge on any atom is -0.508 e. The lowest BCUT2D eigenvalue weighted by molar-refractivity contribution is -0.145. The number of aromatic hydroxyl groups is 1. The minimum absolute atomic E-state index is 0.0672. The standard InChI is InChI=1S/C33H49N3O5/c1-10-12-23(5)34-30(38)29(26-18-21(3)17-22(4)19-26)36(24(6)11-2)31(39)28(35-32(40)41-33(7,8)9)20-25-13-15-27(37)16-14-25/h13-19,23-24,28-29,37H,10-12,20H2,1-9H3,(H,34,38)(H,35,40). The van der Waals surface area contributed by atoms with Gasteiger partial charge in [0.25, 0.3) is 0 Å². The van der Waals surface area contributed by atoms with Gasteiger partial charge in [0, 0.05) is 18.5 Å². The number of nitrogens with one attached hydrogen (secondary N) is 2. The quantitative estimate of drug-likeness (QED) is 0.286. The summed E-state index contributed by atoms with van der Waals surface area (Å²) in [6.45, 7) is 17.1. The average Bonchev–Trinajstić information content (AvgIpc) is 2.85. The van der Waals surface area contributed by atoms with Gasteiger partial charge in [0.2, 0.25) is 11.8 Å². The smallest absolute Gasteiger partial charge is 0.408 e. The zero-order valence-electron chi connectivity index (χ0n) is 26.2. The molecule has 0 radical (unpaired) electrons. The van der Waals surface area contributed by atoms with Crippen molar-refractivity contribution in [3.05, 3.63) is 64.7 Å². The Morgan fingerprint density at radius 3 is 2.05 bits per heavy atom. The molecule has 3 N–H and O–H groups in total. The van der Waals surface area contributed by atoms with Crippen molar-refractivity contribution in [1.29, 1.82) is 0 Å². The fourth-order valence-corrected chi connectivity index (χ4v) is 4.93. The molecule has 3 amide bonds. The van der Waals surface area contributed by atoms with Gasteiger partial charge >= 0.3 is 6.09 Å². The first-order valence-electron chi connectivity index (χ1n) is 14.6. The number of benzene rings is 2. The zero-order valence-corrected chi connectivity index (χ0v) is 26.2. The average molecular weight is 568 g/mol. The van der Waals surface area contributed by atoms with Crippen LogP contribution in [-0.4, -0.2) is 51.6 Å². The van der Waals surface area contributed by atoms with Crippen LogP contribution in [0.15, 0.2) is 42.5 Å². The van der Waals surface area contributed by atoms with Crippen LogP contribution in [0.25, 0.3) is 0 Å². The number of rotatable bonds is 12. The Morgan fingerprint density at radius 2 is 1.54 bits per heavy atom. The number of hydrogen-bond acceptors (Lipinski definition) is 5. The van der Waals surface area contributed by atoms with Gasteiger partial charge in [-0.25, -0.2) is 4.79 Å². The predicted octanol–water partition coefficient (Wildman–Crippen LogP) is 6.12. The van der Waals surface area contributed by atoms with Crippen LogP contribution in [0.3, 0.4) is 0 Å². The number of nitrogens with zero attached hydrogens (tertiary/aromatic N) is 1. The second-order valence-electron chi connectivity index (χ2n) is 12.1. The molecule has 0 saturated heterocycles. The van der Waals surface area contributed by atoms with E-state index in [4.69, 9.17) is 4.74 Å². The number of ether oxygens (including phenoxy) is 1. The number of alkyl carbamates (subject to hydrolysis) is 1. The largest absolute Gasteiger partial charge is 0.508 e. The Balaban J connectivity index is 2.63. The lowest BCUT2D eigenvalue weighted by Crippen LogP contribution is -2.56. The van der Waals surface area contributed by atoms with Crippen molar-refractivity contribution in [1.82, 2.24) is 15.5 Å². The molecule has 2 aromatic rings. The first-order valence-corrected chi connectivity index (χ1v) is 14.6. The number of phenols is 1. The van der Waals surface area contributed by atoms with E-state index >= 15 is 0 Å². The summed E-state index contributed by atoms with van der Waals surface area (Å²) in [4.78, 5) is 43.1. The maximum absolute atomic E-state index is 14.5. The molecule has 0 aliphatic heterocycles. The molecule has 0 bridgehead atoms. The van der Waals surface area contributed by atoms with Crippen molar-refractivity contribution in [2.45, 2.75) is 118 Å². The highest BCUT2D eigenvalue weighted by molar-refractivity contribution is 5.92. The molecule has 0 spiro atoms. The Labute approximate surface area is 245 Å². The Bertz CT molecular complexity index is 1150. The third-order valence-corrected chi connectivity index (χ3v) is 6.88. The Morgan fingerprint density at radius 1 is 0.951 bits per heavy atom. The van der Waals surface area contributed by atoms with E-state index in [1.165, 1.54) is 12.1 Å². The van der Waals surface area contributed by atoms with Gasteiger partial charge in [-0.2, -0.15) is 0 Å². The molecule has 4 atom stereocenters. The summed E-state index contributed by atoms with van der Waals surface area (Å²) < 4.78 is 5.51. The first-order chi connectivity index (χ1) is 19.1. The lowest BCUT2D eigenvalue weighted by atomic mass is 9.95. The number of amides is 3. The topological polar surface area (TPSA) is 108 Å². The van der Waals surface area contributed by atoms with Gasteiger partial charge in [-0.05, 0) is 84.6 Å². The van der Waals surface area contributed by atoms with E-state index in [0.717, 1.165) is 35.1 Å². The Hall–Kier alpha value is -3.55. The summed E-state index contributed by atoms with van der Waals surface area (Å²) in [7, 11) is 0. The SMILES string of the molecule is CCCC(C)NC(=O)C(c1cc(C)cc(C)c1)N(C(=O)C(Cc1ccc(O)cc1)NC(=O)OC(C)(C)C)C(C)CC. The van der Waals surface area contributed by atoms with Crippen molar-refractivity contribution in [3.63, 3.8) is 0 Å². The van der Waals surface area contributed by atoms with Crippen molar-refractivity contribution in [3.8, 4) is 5.75 Å². The molecule has 8 heteroatoms. The molecule has 0 fully saturated rings. The van der Waals surface area contributed by atoms with Gasteiger partial charge in [0.05, 0.1) is 0 Å². The molecule has 41 heavy (non-hydrogen) atoms. The second-order valence-corrected chi connectivity index (χ2v) is 12.1. The third kappa shape index (κ3) is 10.4. The van der Waals surface area contributed by atoms with E-state index in [9.17, 15) is 19.5 Å². The molecule has 8 nitrogen and oxygen atoms in total. The number of phenolic OH excluding ortho intramolecular Hbond substituents is 1. The molecule has 226 valence electrons. The van der Waals surface area contributed by atoms with E-state index in [1.54, 1.807) is 37.8 Å². The van der Waals surface area contributed by atoms with E-state index in [2.05, 4.69) is 17.6 Å². The van der Waals surface area contributed by atoms with Gasteiger partial charge in [0.1, 0.15) is 23.4 Å². The number of aryl methyl sites for hydroxylation is 2. The van der Waals surface area contributed by atoms with Crippen LogP contribution in [0, 0.1) is 13.8 Å². The van der Waals surface area contributed by atoms with Crippen LogP contribution in [-0.2, 0) is 20.7 Å². The summed E-state index contributed by atoms with van der Waals surface area (Å²) in [6, 6.07) is 10.1. The van der Waals surface area contributed by atoms with E-state index in [0.29, 0.717) is 6.42 Å². The molecular formula is C33H49N3O5. The zero-order chi connectivity index (χ0) is 30.9. The normalized spacial score (nSPS) is 14.4. The molecule has 0 aliphatic carbocycles. The summed E-state index contributed by atoms with van der Waals surface area (Å²) in [6.07, 6.45) is 1.76. The van der Waals surface area contributed by atoms with Crippen LogP contribution in [0.2, 0.25) is 0 Å². The van der Waals surface area contributed by atoms with E-state index < -0.39 is 23.8 Å². The molecule has 0 aromatic heterocycles. The molecule has 0 aliphatic rings. The van der Waals surface area contributed by atoms with Crippen LogP contribution in [0.5, 0.6) is 5.75 Å².